The molecule has 9 rings (SSSR count). The topological polar surface area (TPSA) is 185 Å². The first kappa shape index (κ1) is 46.6. The highest BCUT2D eigenvalue weighted by molar-refractivity contribution is 6.32. The summed E-state index contributed by atoms with van der Waals surface area (Å²) in [5.41, 5.74) is 10.6. The Hall–Kier alpha value is -7.88. The summed E-state index contributed by atoms with van der Waals surface area (Å²) in [5.74, 6) is 1.80. The van der Waals surface area contributed by atoms with Gasteiger partial charge in [0.15, 0.2) is 0 Å². The lowest BCUT2D eigenvalue weighted by molar-refractivity contribution is 0.0819. The number of carbonyl (C=O) groups is 2. The van der Waals surface area contributed by atoms with Crippen molar-refractivity contribution in [3.8, 4) is 45.7 Å². The Morgan fingerprint density at radius 1 is 0.691 bits per heavy atom. The van der Waals surface area contributed by atoms with Crippen LogP contribution in [-0.2, 0) is 13.1 Å². The molecule has 0 saturated heterocycles. The number of hydrogen-bond donors (Lipinski definition) is 4. The third-order valence-electron chi connectivity index (χ3n) is 10.3. The van der Waals surface area contributed by atoms with Crippen molar-refractivity contribution in [2.24, 2.45) is 0 Å². The van der Waals surface area contributed by atoms with Crippen molar-refractivity contribution in [3.63, 3.8) is 0 Å². The highest BCUT2D eigenvalue weighted by atomic mass is 35.5. The summed E-state index contributed by atoms with van der Waals surface area (Å²) >= 11 is 12.6. The highest BCUT2D eigenvalue weighted by Crippen LogP contribution is 2.31. The zero-order valence-electron chi connectivity index (χ0n) is 37.7. The minimum Gasteiger partial charge on any atom is -0.489 e. The molecule has 3 heterocycles. The van der Waals surface area contributed by atoms with Crippen molar-refractivity contribution in [1.82, 2.24) is 45.5 Å². The molecule has 346 valence electrons. The number of carbonyl (C=O) groups excluding carboxylic acids is 2. The second kappa shape index (κ2) is 20.7. The summed E-state index contributed by atoms with van der Waals surface area (Å²) in [5, 5.41) is 8.86. The van der Waals surface area contributed by atoms with Gasteiger partial charge in [-0.2, -0.15) is 4.68 Å². The summed E-state index contributed by atoms with van der Waals surface area (Å²) in [6.45, 7) is 8.04. The van der Waals surface area contributed by atoms with Crippen LogP contribution in [0.15, 0.2) is 143 Å². The molecule has 0 bridgehead atoms. The third-order valence-corrected chi connectivity index (χ3v) is 10.9. The zero-order chi connectivity index (χ0) is 47.9. The number of urea groups is 1. The fourth-order valence-electron chi connectivity index (χ4n) is 7.11. The molecular weight excluding hydrogens is 906 g/mol. The molecule has 4 N–H and O–H groups in total. The summed E-state index contributed by atoms with van der Waals surface area (Å²) < 4.78 is 17.9. The van der Waals surface area contributed by atoms with Gasteiger partial charge in [-0.1, -0.05) is 96.0 Å². The van der Waals surface area contributed by atoms with Crippen molar-refractivity contribution in [3.05, 3.63) is 171 Å². The SMILES string of the molecule is CC(C)Oc1ccc(-c2nn(Cc3ccc4nc(-c5ccccc5)[nH]c4c3)c(=O)o2)cc1Cl.CNC(=O)N(Cc1ccc2nc(-c3ccccc3)[nH]c2c1)NC(=O)c1ccc(OC(C)C)c(Cl)c1. The molecule has 0 spiro atoms. The summed E-state index contributed by atoms with van der Waals surface area (Å²) in [6.07, 6.45) is -0.0478. The molecule has 9 aromatic rings. The molecule has 17 heteroatoms. The van der Waals surface area contributed by atoms with Crippen LogP contribution in [0.4, 0.5) is 4.79 Å². The monoisotopic (exact) mass is 951 g/mol. The average molecular weight is 953 g/mol. The van der Waals surface area contributed by atoms with E-state index in [0.29, 0.717) is 32.7 Å². The average Bonchev–Trinajstić information content (AvgIpc) is 4.07. The van der Waals surface area contributed by atoms with E-state index >= 15 is 0 Å². The smallest absolute Gasteiger partial charge is 0.437 e. The third kappa shape index (κ3) is 11.2. The van der Waals surface area contributed by atoms with Crippen molar-refractivity contribution in [1.29, 1.82) is 0 Å². The Kier molecular flexibility index (Phi) is 14.2. The molecule has 0 aliphatic carbocycles. The number of hydrogen-bond acceptors (Lipinski definition) is 9. The lowest BCUT2D eigenvalue weighted by Gasteiger charge is -2.23. The predicted octanol–water partition coefficient (Wildman–Crippen LogP) is 10.7. The van der Waals surface area contributed by atoms with E-state index in [4.69, 9.17) is 37.1 Å². The number of fused-ring (bicyclic) bond motifs is 2. The van der Waals surface area contributed by atoms with E-state index in [2.05, 4.69) is 35.8 Å². The minimum absolute atomic E-state index is 0.00136. The maximum atomic E-state index is 12.9. The van der Waals surface area contributed by atoms with Crippen LogP contribution < -0.4 is 26.0 Å². The number of halogens is 2. The largest absolute Gasteiger partial charge is 0.489 e. The Balaban J connectivity index is 0.000000184. The molecule has 3 amide bonds. The van der Waals surface area contributed by atoms with Crippen LogP contribution in [0.2, 0.25) is 10.0 Å². The van der Waals surface area contributed by atoms with E-state index in [0.717, 1.165) is 56.0 Å². The molecule has 0 atom stereocenters. The molecule has 6 aromatic carbocycles. The fourth-order valence-corrected chi connectivity index (χ4v) is 7.56. The number of benzene rings is 6. The molecule has 0 saturated carbocycles. The van der Waals surface area contributed by atoms with Gasteiger partial charge in [0, 0.05) is 29.3 Å². The van der Waals surface area contributed by atoms with E-state index < -0.39 is 17.7 Å². The number of rotatable bonds is 12. The van der Waals surface area contributed by atoms with Crippen LogP contribution in [0.25, 0.3) is 56.3 Å². The van der Waals surface area contributed by atoms with Gasteiger partial charge < -0.3 is 29.2 Å². The van der Waals surface area contributed by atoms with Crippen LogP contribution in [0.1, 0.15) is 49.2 Å². The predicted molar refractivity (Wildman–Crippen MR) is 264 cm³/mol. The number of ether oxygens (including phenoxy) is 2. The number of imidazole rings is 2. The molecule has 0 fully saturated rings. The van der Waals surface area contributed by atoms with Gasteiger partial charge >= 0.3 is 11.8 Å². The molecule has 0 unspecified atom stereocenters. The van der Waals surface area contributed by atoms with Gasteiger partial charge in [0.2, 0.25) is 5.89 Å². The van der Waals surface area contributed by atoms with Crippen molar-refractivity contribution < 1.29 is 23.5 Å². The Morgan fingerprint density at radius 3 is 1.78 bits per heavy atom. The van der Waals surface area contributed by atoms with E-state index in [9.17, 15) is 14.4 Å². The number of hydrazine groups is 1. The van der Waals surface area contributed by atoms with Crippen molar-refractivity contribution >= 4 is 57.2 Å². The maximum Gasteiger partial charge on any atom is 0.437 e. The van der Waals surface area contributed by atoms with Gasteiger partial charge in [0.25, 0.3) is 5.91 Å². The van der Waals surface area contributed by atoms with Gasteiger partial charge in [0.1, 0.15) is 23.1 Å². The number of amides is 3. The van der Waals surface area contributed by atoms with Gasteiger partial charge in [-0.25, -0.2) is 24.6 Å². The first-order valence-corrected chi connectivity index (χ1v) is 22.4. The normalized spacial score (nSPS) is 11.1. The Labute approximate surface area is 401 Å². The number of H-pyrrole nitrogens is 2. The highest BCUT2D eigenvalue weighted by Gasteiger charge is 2.20. The molecule has 0 aliphatic heterocycles. The summed E-state index contributed by atoms with van der Waals surface area (Å²) in [4.78, 5) is 53.7. The first-order chi connectivity index (χ1) is 32.8. The number of nitrogens with one attached hydrogen (secondary N) is 4. The van der Waals surface area contributed by atoms with Crippen LogP contribution in [0.5, 0.6) is 11.5 Å². The lowest BCUT2D eigenvalue weighted by atomic mass is 10.2. The number of aromatic amines is 2. The van der Waals surface area contributed by atoms with E-state index in [1.165, 1.54) is 22.8 Å². The van der Waals surface area contributed by atoms with Gasteiger partial charge in [-0.05, 0) is 99.5 Å². The molecule has 15 nitrogen and oxygen atoms in total. The van der Waals surface area contributed by atoms with E-state index in [1.807, 2.05) is 125 Å². The minimum atomic E-state index is -0.543. The molecule has 68 heavy (non-hydrogen) atoms. The van der Waals surface area contributed by atoms with E-state index in [-0.39, 0.29) is 31.2 Å². The summed E-state index contributed by atoms with van der Waals surface area (Å²) in [7, 11) is 1.50. The van der Waals surface area contributed by atoms with Crippen LogP contribution in [0.3, 0.4) is 0 Å². The van der Waals surface area contributed by atoms with E-state index in [1.54, 1.807) is 30.3 Å². The Bertz CT molecular complexity index is 3270. The molecule has 3 aromatic heterocycles. The van der Waals surface area contributed by atoms with Gasteiger partial charge in [-0.15, -0.1) is 5.10 Å². The van der Waals surface area contributed by atoms with Crippen LogP contribution in [0, 0.1) is 0 Å². The van der Waals surface area contributed by atoms with Crippen molar-refractivity contribution in [2.45, 2.75) is 53.0 Å². The zero-order valence-corrected chi connectivity index (χ0v) is 39.2. The molecular formula is C51H47Cl2N9O6. The number of nitrogens with zero attached hydrogens (tertiary/aromatic N) is 5. The van der Waals surface area contributed by atoms with Crippen LogP contribution in [-0.4, -0.2) is 65.9 Å². The standard InChI is InChI=1S/C26H26ClN5O3.C25H21ClN4O3/c1-16(2)35-23-12-10-19(14-20(23)27)25(33)31-32(26(34)28-3)15-17-9-11-21-22(13-17)30-24(29-21)18-7-5-4-6-8-18;1-15(2)32-22-11-9-18(13-19(22)26)24-29-30(25(31)33-24)14-16-8-10-20-21(12-16)28-23(27-20)17-6-4-3-5-7-17/h4-14,16H,15H2,1-3H3,(H,28,34)(H,29,30)(H,31,33);3-13,15H,14H2,1-2H3,(H,27,28). The number of aromatic nitrogens is 6. The van der Waals surface area contributed by atoms with Crippen LogP contribution >= 0.6 is 23.2 Å². The molecule has 0 radical (unpaired) electrons. The Morgan fingerprint density at radius 2 is 1.24 bits per heavy atom. The maximum absolute atomic E-state index is 12.9. The second-order valence-electron chi connectivity index (χ2n) is 16.1. The van der Waals surface area contributed by atoms with Gasteiger partial charge in [-0.3, -0.25) is 10.2 Å². The first-order valence-electron chi connectivity index (χ1n) is 21.7. The summed E-state index contributed by atoms with van der Waals surface area (Å²) in [6, 6.07) is 40.7. The van der Waals surface area contributed by atoms with Gasteiger partial charge in [0.05, 0.1) is 57.4 Å². The fraction of sp³-hybridized carbons (Fsp3) is 0.176. The molecule has 0 aliphatic rings. The van der Waals surface area contributed by atoms with Crippen molar-refractivity contribution in [2.75, 3.05) is 7.05 Å². The lowest BCUT2D eigenvalue weighted by Crippen LogP contribution is -2.49. The second-order valence-corrected chi connectivity index (χ2v) is 17.0. The quantitative estimate of drug-likeness (QED) is 0.0865.